The molecule has 2 aromatic carbocycles. The smallest absolute Gasteiger partial charge is 0.338 e. The van der Waals surface area contributed by atoms with Crippen molar-refractivity contribution in [3.8, 4) is 5.75 Å². The number of rotatable bonds is 8. The molecule has 172 valence electrons. The molecule has 32 heavy (non-hydrogen) atoms. The van der Waals surface area contributed by atoms with Gasteiger partial charge in [0.2, 0.25) is 10.0 Å². The van der Waals surface area contributed by atoms with E-state index in [1.165, 1.54) is 43.6 Å². The van der Waals surface area contributed by atoms with E-state index in [0.717, 1.165) is 18.4 Å². The zero-order chi connectivity index (χ0) is 23.3. The fraction of sp³-hybridized carbons (Fsp3) is 0.391. The van der Waals surface area contributed by atoms with Gasteiger partial charge in [0.05, 0.1) is 12.7 Å². The van der Waals surface area contributed by atoms with Gasteiger partial charge in [-0.1, -0.05) is 30.3 Å². The molecule has 9 heteroatoms. The first-order valence-corrected chi connectivity index (χ1v) is 11.9. The standard InChI is InChI=1S/C23H28N2O6S/c1-17(22(26)25-13-7-8-14-25)31-23(27)19-11-12-20(30-3)21(15-19)32(28,29)24(2)16-18-9-5-4-6-10-18/h4-6,9-12,15,17H,7-8,13-14,16H2,1-3H3. The van der Waals surface area contributed by atoms with Gasteiger partial charge in [0.25, 0.3) is 5.91 Å². The summed E-state index contributed by atoms with van der Waals surface area (Å²) in [7, 11) is -1.15. The van der Waals surface area contributed by atoms with E-state index in [1.807, 2.05) is 30.3 Å². The van der Waals surface area contributed by atoms with Crippen LogP contribution in [0.2, 0.25) is 0 Å². The monoisotopic (exact) mass is 460 g/mol. The van der Waals surface area contributed by atoms with Crippen molar-refractivity contribution < 1.29 is 27.5 Å². The summed E-state index contributed by atoms with van der Waals surface area (Å²) >= 11 is 0. The molecule has 0 aromatic heterocycles. The van der Waals surface area contributed by atoms with Crippen molar-refractivity contribution in [2.45, 2.75) is 37.3 Å². The van der Waals surface area contributed by atoms with Crippen molar-refractivity contribution in [2.24, 2.45) is 0 Å². The molecule has 1 aliphatic heterocycles. The van der Waals surface area contributed by atoms with E-state index in [1.54, 1.807) is 4.90 Å². The highest BCUT2D eigenvalue weighted by molar-refractivity contribution is 7.89. The van der Waals surface area contributed by atoms with Crippen LogP contribution in [0.1, 0.15) is 35.7 Å². The first kappa shape index (κ1) is 23.7. The van der Waals surface area contributed by atoms with Crippen LogP contribution in [-0.4, -0.2) is 62.9 Å². The van der Waals surface area contributed by atoms with Crippen molar-refractivity contribution in [1.82, 2.24) is 9.21 Å². The fourth-order valence-electron chi connectivity index (χ4n) is 3.57. The summed E-state index contributed by atoms with van der Waals surface area (Å²) in [5, 5.41) is 0. The highest BCUT2D eigenvalue weighted by Crippen LogP contribution is 2.28. The molecule has 1 aliphatic rings. The number of hydrogen-bond acceptors (Lipinski definition) is 6. The second-order valence-corrected chi connectivity index (χ2v) is 9.71. The predicted molar refractivity (Wildman–Crippen MR) is 119 cm³/mol. The number of benzene rings is 2. The number of likely N-dealkylation sites (tertiary alicyclic amines) is 1. The van der Waals surface area contributed by atoms with Crippen LogP contribution in [0.25, 0.3) is 0 Å². The minimum atomic E-state index is -3.97. The van der Waals surface area contributed by atoms with Crippen LogP contribution in [0.5, 0.6) is 5.75 Å². The Kier molecular flexibility index (Phi) is 7.52. The fourth-order valence-corrected chi connectivity index (χ4v) is 4.91. The summed E-state index contributed by atoms with van der Waals surface area (Å²) < 4.78 is 38.2. The lowest BCUT2D eigenvalue weighted by Crippen LogP contribution is -2.38. The molecule has 0 aliphatic carbocycles. The van der Waals surface area contributed by atoms with Gasteiger partial charge in [-0.2, -0.15) is 4.31 Å². The van der Waals surface area contributed by atoms with Gasteiger partial charge in [0.1, 0.15) is 10.6 Å². The number of amides is 1. The first-order valence-electron chi connectivity index (χ1n) is 10.4. The molecule has 0 bridgehead atoms. The lowest BCUT2D eigenvalue weighted by molar-refractivity contribution is -0.138. The Morgan fingerprint density at radius 3 is 2.38 bits per heavy atom. The molecule has 0 radical (unpaired) electrons. The van der Waals surface area contributed by atoms with E-state index in [4.69, 9.17) is 9.47 Å². The van der Waals surface area contributed by atoms with E-state index < -0.39 is 22.1 Å². The van der Waals surface area contributed by atoms with Crippen LogP contribution in [0.15, 0.2) is 53.4 Å². The Hall–Kier alpha value is -2.91. The molecule has 3 rings (SSSR count). The zero-order valence-electron chi connectivity index (χ0n) is 18.5. The van der Waals surface area contributed by atoms with Gasteiger partial charge < -0.3 is 14.4 Å². The molecule has 0 saturated carbocycles. The van der Waals surface area contributed by atoms with Gasteiger partial charge in [0, 0.05) is 26.7 Å². The van der Waals surface area contributed by atoms with Crippen molar-refractivity contribution in [2.75, 3.05) is 27.2 Å². The number of methoxy groups -OCH3 is 1. The number of nitrogens with zero attached hydrogens (tertiary/aromatic N) is 2. The minimum Gasteiger partial charge on any atom is -0.495 e. The molecule has 8 nitrogen and oxygen atoms in total. The number of sulfonamides is 1. The Morgan fingerprint density at radius 2 is 1.75 bits per heavy atom. The van der Waals surface area contributed by atoms with Gasteiger partial charge >= 0.3 is 5.97 Å². The maximum Gasteiger partial charge on any atom is 0.338 e. The van der Waals surface area contributed by atoms with Gasteiger partial charge in [-0.25, -0.2) is 13.2 Å². The van der Waals surface area contributed by atoms with Gasteiger partial charge in [-0.3, -0.25) is 4.79 Å². The minimum absolute atomic E-state index is 0.0264. The molecule has 1 amide bonds. The normalized spacial score (nSPS) is 14.9. The van der Waals surface area contributed by atoms with Gasteiger partial charge in [-0.05, 0) is 43.5 Å². The highest BCUT2D eigenvalue weighted by atomic mass is 32.2. The van der Waals surface area contributed by atoms with Crippen LogP contribution in [0.3, 0.4) is 0 Å². The summed E-state index contributed by atoms with van der Waals surface area (Å²) in [6.07, 6.45) is 0.911. The summed E-state index contributed by atoms with van der Waals surface area (Å²) in [6.45, 7) is 2.98. The van der Waals surface area contributed by atoms with Gasteiger partial charge in [-0.15, -0.1) is 0 Å². The summed E-state index contributed by atoms with van der Waals surface area (Å²) in [5.41, 5.74) is 0.848. The molecule has 1 heterocycles. The maximum absolute atomic E-state index is 13.2. The van der Waals surface area contributed by atoms with E-state index in [-0.39, 0.29) is 28.7 Å². The number of ether oxygens (including phenoxy) is 2. The van der Waals surface area contributed by atoms with Crippen molar-refractivity contribution in [3.63, 3.8) is 0 Å². The lowest BCUT2D eigenvalue weighted by atomic mass is 10.2. The Morgan fingerprint density at radius 1 is 1.09 bits per heavy atom. The van der Waals surface area contributed by atoms with Gasteiger partial charge in [0.15, 0.2) is 6.10 Å². The molecule has 1 saturated heterocycles. The van der Waals surface area contributed by atoms with Crippen LogP contribution in [0.4, 0.5) is 0 Å². The number of esters is 1. The Bertz CT molecular complexity index is 1070. The first-order chi connectivity index (χ1) is 15.2. The second-order valence-electron chi connectivity index (χ2n) is 7.69. The van der Waals surface area contributed by atoms with E-state index in [9.17, 15) is 18.0 Å². The van der Waals surface area contributed by atoms with Crippen LogP contribution in [0, 0.1) is 0 Å². The quantitative estimate of drug-likeness (QED) is 0.563. The third-order valence-electron chi connectivity index (χ3n) is 5.38. The molecule has 0 spiro atoms. The molecular formula is C23H28N2O6S. The predicted octanol–water partition coefficient (Wildman–Crippen LogP) is 2.68. The topological polar surface area (TPSA) is 93.2 Å². The van der Waals surface area contributed by atoms with Crippen molar-refractivity contribution in [1.29, 1.82) is 0 Å². The average Bonchev–Trinajstić information content (AvgIpc) is 3.33. The molecule has 0 N–H and O–H groups in total. The average molecular weight is 461 g/mol. The molecule has 1 unspecified atom stereocenters. The Labute approximate surface area is 188 Å². The van der Waals surface area contributed by atoms with Crippen molar-refractivity contribution in [3.05, 3.63) is 59.7 Å². The molecular weight excluding hydrogens is 432 g/mol. The summed E-state index contributed by atoms with van der Waals surface area (Å²) in [4.78, 5) is 26.6. The number of hydrogen-bond donors (Lipinski definition) is 0. The third kappa shape index (κ3) is 5.28. The van der Waals surface area contributed by atoms with E-state index >= 15 is 0 Å². The number of carbonyl (C=O) groups is 2. The number of carbonyl (C=O) groups excluding carboxylic acids is 2. The zero-order valence-corrected chi connectivity index (χ0v) is 19.3. The summed E-state index contributed by atoms with van der Waals surface area (Å²) in [6, 6.07) is 13.2. The SMILES string of the molecule is COc1ccc(C(=O)OC(C)C(=O)N2CCCC2)cc1S(=O)(=O)N(C)Cc1ccccc1. The molecule has 2 aromatic rings. The second kappa shape index (κ2) is 10.1. The van der Waals surface area contributed by atoms with Crippen LogP contribution in [-0.2, 0) is 26.1 Å². The molecule has 1 atom stereocenters. The van der Waals surface area contributed by atoms with Crippen LogP contribution >= 0.6 is 0 Å². The summed E-state index contributed by atoms with van der Waals surface area (Å²) in [5.74, 6) is -0.905. The lowest BCUT2D eigenvalue weighted by Gasteiger charge is -2.21. The van der Waals surface area contributed by atoms with E-state index in [2.05, 4.69) is 0 Å². The highest BCUT2D eigenvalue weighted by Gasteiger charge is 2.29. The maximum atomic E-state index is 13.2. The largest absolute Gasteiger partial charge is 0.495 e. The Balaban J connectivity index is 1.81. The van der Waals surface area contributed by atoms with E-state index in [0.29, 0.717) is 13.1 Å². The third-order valence-corrected chi connectivity index (χ3v) is 7.21. The van der Waals surface area contributed by atoms with Crippen LogP contribution < -0.4 is 4.74 Å². The molecule has 1 fully saturated rings. The van der Waals surface area contributed by atoms with Crippen molar-refractivity contribution >= 4 is 21.9 Å².